The van der Waals surface area contributed by atoms with E-state index < -0.39 is 12.0 Å². The molecule has 0 saturated carbocycles. The minimum absolute atomic E-state index is 0.425. The average Bonchev–Trinajstić information content (AvgIpc) is 3.34. The molecule has 0 bridgehead atoms. The van der Waals surface area contributed by atoms with Gasteiger partial charge in [0.15, 0.2) is 5.82 Å². The van der Waals surface area contributed by atoms with Crippen molar-refractivity contribution in [3.05, 3.63) is 30.9 Å². The SMILES string of the molecule is CCn1cnc(Nc2nc(N3CCC[C@H]3C(=O)O)nc3cccn23)c1. The zero-order valence-corrected chi connectivity index (χ0v) is 13.8. The highest BCUT2D eigenvalue weighted by Crippen LogP contribution is 2.25. The zero-order valence-electron chi connectivity index (χ0n) is 13.8. The van der Waals surface area contributed by atoms with Gasteiger partial charge in [-0.1, -0.05) is 0 Å². The van der Waals surface area contributed by atoms with Gasteiger partial charge in [0.05, 0.1) is 6.33 Å². The van der Waals surface area contributed by atoms with Crippen molar-refractivity contribution in [3.63, 3.8) is 0 Å². The van der Waals surface area contributed by atoms with Gasteiger partial charge in [0, 0.05) is 25.5 Å². The van der Waals surface area contributed by atoms with Crippen molar-refractivity contribution >= 4 is 29.3 Å². The van der Waals surface area contributed by atoms with Crippen LogP contribution in [-0.2, 0) is 11.3 Å². The Morgan fingerprint density at radius 1 is 1.44 bits per heavy atom. The molecule has 0 radical (unpaired) electrons. The predicted molar refractivity (Wildman–Crippen MR) is 92.2 cm³/mol. The molecule has 3 aromatic rings. The maximum atomic E-state index is 11.5. The lowest BCUT2D eigenvalue weighted by atomic mass is 10.2. The highest BCUT2D eigenvalue weighted by atomic mass is 16.4. The summed E-state index contributed by atoms with van der Waals surface area (Å²) in [6.07, 6.45) is 6.92. The Morgan fingerprint density at radius 3 is 3.08 bits per heavy atom. The molecule has 1 saturated heterocycles. The van der Waals surface area contributed by atoms with Gasteiger partial charge < -0.3 is 19.9 Å². The van der Waals surface area contributed by atoms with Crippen LogP contribution in [-0.4, -0.2) is 47.6 Å². The number of fused-ring (bicyclic) bond motifs is 1. The summed E-state index contributed by atoms with van der Waals surface area (Å²) in [6, 6.07) is 3.17. The van der Waals surface area contributed by atoms with Crippen LogP contribution >= 0.6 is 0 Å². The van der Waals surface area contributed by atoms with Crippen LogP contribution in [0, 0.1) is 0 Å². The molecular formula is C16H19N7O2. The summed E-state index contributed by atoms with van der Waals surface area (Å²) >= 11 is 0. The van der Waals surface area contributed by atoms with Crippen molar-refractivity contribution in [2.75, 3.05) is 16.8 Å². The number of anilines is 3. The number of hydrogen-bond acceptors (Lipinski definition) is 6. The summed E-state index contributed by atoms with van der Waals surface area (Å²) in [5.74, 6) is 0.821. The van der Waals surface area contributed by atoms with Gasteiger partial charge in [0.25, 0.3) is 0 Å². The molecule has 4 rings (SSSR count). The first-order valence-corrected chi connectivity index (χ1v) is 8.29. The fourth-order valence-corrected chi connectivity index (χ4v) is 3.11. The molecule has 9 nitrogen and oxygen atoms in total. The number of imidazole rings is 1. The second-order valence-corrected chi connectivity index (χ2v) is 5.99. The maximum absolute atomic E-state index is 11.5. The Bertz CT molecular complexity index is 916. The molecular weight excluding hydrogens is 322 g/mol. The van der Waals surface area contributed by atoms with Gasteiger partial charge in [0.1, 0.15) is 11.7 Å². The number of aliphatic carboxylic acids is 1. The molecule has 1 fully saturated rings. The van der Waals surface area contributed by atoms with Gasteiger partial charge >= 0.3 is 5.97 Å². The second-order valence-electron chi connectivity index (χ2n) is 5.99. The Labute approximate surface area is 143 Å². The lowest BCUT2D eigenvalue weighted by Crippen LogP contribution is -2.37. The van der Waals surface area contributed by atoms with Crippen LogP contribution in [0.1, 0.15) is 19.8 Å². The van der Waals surface area contributed by atoms with Crippen molar-refractivity contribution in [3.8, 4) is 0 Å². The number of carboxylic acids is 1. The number of nitrogens with zero attached hydrogens (tertiary/aromatic N) is 6. The molecule has 1 aliphatic rings. The maximum Gasteiger partial charge on any atom is 0.326 e. The van der Waals surface area contributed by atoms with Crippen LogP contribution in [0.25, 0.3) is 5.65 Å². The van der Waals surface area contributed by atoms with E-state index in [1.165, 1.54) is 0 Å². The summed E-state index contributed by atoms with van der Waals surface area (Å²) in [5.41, 5.74) is 0.707. The fraction of sp³-hybridized carbons (Fsp3) is 0.375. The lowest BCUT2D eigenvalue weighted by Gasteiger charge is -2.22. The quantitative estimate of drug-likeness (QED) is 0.729. The number of carbonyl (C=O) groups is 1. The second kappa shape index (κ2) is 6.08. The number of carboxylic acid groups (broad SMARTS) is 1. The number of aryl methyl sites for hydroxylation is 1. The van der Waals surface area contributed by atoms with E-state index in [9.17, 15) is 9.90 Å². The first-order valence-electron chi connectivity index (χ1n) is 8.29. The molecule has 130 valence electrons. The first-order chi connectivity index (χ1) is 12.2. The third-order valence-electron chi connectivity index (χ3n) is 4.41. The van der Waals surface area contributed by atoms with E-state index in [4.69, 9.17) is 0 Å². The normalized spacial score (nSPS) is 17.3. The number of hydrogen-bond donors (Lipinski definition) is 2. The smallest absolute Gasteiger partial charge is 0.326 e. The van der Waals surface area contributed by atoms with Crippen LogP contribution < -0.4 is 10.2 Å². The van der Waals surface area contributed by atoms with Crippen LogP contribution in [0.15, 0.2) is 30.9 Å². The van der Waals surface area contributed by atoms with Gasteiger partial charge in [-0.05, 0) is 31.9 Å². The van der Waals surface area contributed by atoms with E-state index in [1.54, 1.807) is 11.2 Å². The van der Waals surface area contributed by atoms with Gasteiger partial charge in [-0.2, -0.15) is 9.97 Å². The van der Waals surface area contributed by atoms with Crippen LogP contribution in [0.2, 0.25) is 0 Å². The molecule has 25 heavy (non-hydrogen) atoms. The van der Waals surface area contributed by atoms with Crippen molar-refractivity contribution in [2.24, 2.45) is 0 Å². The minimum Gasteiger partial charge on any atom is -0.480 e. The molecule has 0 aliphatic carbocycles. The Balaban J connectivity index is 1.73. The van der Waals surface area contributed by atoms with Crippen LogP contribution in [0.4, 0.5) is 17.7 Å². The molecule has 0 unspecified atom stereocenters. The average molecular weight is 341 g/mol. The third kappa shape index (κ3) is 2.77. The largest absolute Gasteiger partial charge is 0.480 e. The molecule has 1 aliphatic heterocycles. The molecule has 0 aromatic carbocycles. The molecule has 9 heteroatoms. The van der Waals surface area contributed by atoms with Crippen LogP contribution in [0.5, 0.6) is 0 Å². The van der Waals surface area contributed by atoms with Gasteiger partial charge in [-0.3, -0.25) is 4.40 Å². The summed E-state index contributed by atoms with van der Waals surface area (Å²) in [4.78, 5) is 26.6. The summed E-state index contributed by atoms with van der Waals surface area (Å²) in [6.45, 7) is 3.51. The minimum atomic E-state index is -0.840. The number of nitrogens with one attached hydrogen (secondary N) is 1. The Morgan fingerprint density at radius 2 is 2.32 bits per heavy atom. The first kappa shape index (κ1) is 15.4. The fourth-order valence-electron chi connectivity index (χ4n) is 3.11. The summed E-state index contributed by atoms with van der Waals surface area (Å²) in [7, 11) is 0. The molecule has 0 spiro atoms. The van der Waals surface area contributed by atoms with Crippen LogP contribution in [0.3, 0.4) is 0 Å². The van der Waals surface area contributed by atoms with Crippen molar-refractivity contribution in [1.82, 2.24) is 23.9 Å². The zero-order chi connectivity index (χ0) is 17.4. The van der Waals surface area contributed by atoms with Crippen molar-refractivity contribution in [2.45, 2.75) is 32.4 Å². The standard InChI is InChI=1S/C16H19N7O2/c1-2-21-9-12(17-10-21)18-15-20-16(19-13-6-4-8-23(13)15)22-7-3-5-11(22)14(24)25/h4,6,8-11H,2-3,5,7H2,1H3,(H,24,25)(H,18,19,20)/t11-/m0/s1. The number of aromatic nitrogens is 5. The predicted octanol–water partition coefficient (Wildman–Crippen LogP) is 1.74. The molecule has 2 N–H and O–H groups in total. The molecule has 4 heterocycles. The highest BCUT2D eigenvalue weighted by molar-refractivity contribution is 5.78. The molecule has 1 atom stereocenters. The van der Waals surface area contributed by atoms with Crippen molar-refractivity contribution < 1.29 is 9.90 Å². The van der Waals surface area contributed by atoms with E-state index in [1.807, 2.05) is 40.4 Å². The van der Waals surface area contributed by atoms with E-state index in [0.717, 1.165) is 13.0 Å². The Kier molecular flexibility index (Phi) is 3.75. The van der Waals surface area contributed by atoms with E-state index in [-0.39, 0.29) is 0 Å². The van der Waals surface area contributed by atoms with E-state index >= 15 is 0 Å². The van der Waals surface area contributed by atoms with E-state index in [2.05, 4.69) is 20.3 Å². The monoisotopic (exact) mass is 341 g/mol. The van der Waals surface area contributed by atoms with Crippen molar-refractivity contribution in [1.29, 1.82) is 0 Å². The third-order valence-corrected chi connectivity index (χ3v) is 4.41. The summed E-state index contributed by atoms with van der Waals surface area (Å²) in [5, 5.41) is 12.6. The summed E-state index contributed by atoms with van der Waals surface area (Å²) < 4.78 is 3.78. The number of rotatable bonds is 5. The highest BCUT2D eigenvalue weighted by Gasteiger charge is 2.32. The Hall–Kier alpha value is -3.10. The molecule has 3 aromatic heterocycles. The van der Waals surface area contributed by atoms with Gasteiger partial charge in [-0.25, -0.2) is 9.78 Å². The van der Waals surface area contributed by atoms with Gasteiger partial charge in [-0.15, -0.1) is 0 Å². The lowest BCUT2D eigenvalue weighted by molar-refractivity contribution is -0.138. The topological polar surface area (TPSA) is 101 Å². The van der Waals surface area contributed by atoms with Gasteiger partial charge in [0.2, 0.25) is 11.9 Å². The van der Waals surface area contributed by atoms with E-state index in [0.29, 0.717) is 36.3 Å². The molecule has 0 amide bonds.